The molecule has 0 radical (unpaired) electrons. The van der Waals surface area contributed by atoms with Gasteiger partial charge in [0.05, 0.1) is 18.3 Å². The van der Waals surface area contributed by atoms with Gasteiger partial charge in [0.1, 0.15) is 4.83 Å². The van der Waals surface area contributed by atoms with Gasteiger partial charge >= 0.3 is 0 Å². The molecule has 0 spiro atoms. The number of likely N-dealkylation sites (N-methyl/N-ethyl adjacent to an activating group) is 1. The van der Waals surface area contributed by atoms with E-state index in [0.717, 1.165) is 40.7 Å². The van der Waals surface area contributed by atoms with Gasteiger partial charge in [-0.25, -0.2) is 4.98 Å². The first-order valence-electron chi connectivity index (χ1n) is 10.1. The molecule has 0 unspecified atom stereocenters. The summed E-state index contributed by atoms with van der Waals surface area (Å²) in [5.74, 6) is 0. The molecule has 0 aliphatic heterocycles. The molecule has 0 atom stereocenters. The normalized spacial score (nSPS) is 13.8. The Morgan fingerprint density at radius 2 is 2.00 bits per heavy atom. The number of nitrogens with one attached hydrogen (secondary N) is 1. The Labute approximate surface area is 180 Å². The van der Waals surface area contributed by atoms with Gasteiger partial charge in [-0.3, -0.25) is 9.36 Å². The lowest BCUT2D eigenvalue weighted by atomic mass is 9.97. The molecule has 3 aromatic rings. The van der Waals surface area contributed by atoms with Gasteiger partial charge in [-0.05, 0) is 67.9 Å². The number of aromatic nitrogens is 2. The Bertz CT molecular complexity index is 1080. The van der Waals surface area contributed by atoms with Crippen LogP contribution in [-0.4, -0.2) is 23.1 Å². The van der Waals surface area contributed by atoms with Crippen molar-refractivity contribution in [2.24, 2.45) is 11.5 Å². The highest BCUT2D eigenvalue weighted by Crippen LogP contribution is 2.33. The van der Waals surface area contributed by atoms with Crippen molar-refractivity contribution in [3.63, 3.8) is 0 Å². The molecule has 0 saturated carbocycles. The maximum Gasteiger partial charge on any atom is 0.262 e. The lowest BCUT2D eigenvalue weighted by Crippen LogP contribution is -2.21. The third-order valence-corrected chi connectivity index (χ3v) is 6.24. The number of benzene rings is 1. The summed E-state index contributed by atoms with van der Waals surface area (Å²) >= 11 is 1.70. The molecular formula is C23H29N5OS. The van der Waals surface area contributed by atoms with Crippen molar-refractivity contribution in [3.8, 4) is 0 Å². The Morgan fingerprint density at radius 1 is 1.23 bits per heavy atom. The molecule has 5 N–H and O–H groups in total. The highest BCUT2D eigenvalue weighted by molar-refractivity contribution is 7.18. The second kappa shape index (κ2) is 10.8. The third-order valence-electron chi connectivity index (χ3n) is 5.04. The molecule has 30 heavy (non-hydrogen) atoms. The number of fused-ring (bicyclic) bond motifs is 3. The summed E-state index contributed by atoms with van der Waals surface area (Å²) in [6, 6.07) is 10.1. The molecule has 4 rings (SSSR count). The molecule has 0 fully saturated rings. The number of nitrogens with zero attached hydrogens (tertiary/aromatic N) is 2. The Morgan fingerprint density at radius 3 is 2.70 bits per heavy atom. The summed E-state index contributed by atoms with van der Waals surface area (Å²) in [6.07, 6.45) is 11.0. The molecule has 7 heteroatoms. The number of rotatable bonds is 5. The van der Waals surface area contributed by atoms with Gasteiger partial charge in [0, 0.05) is 11.4 Å². The standard InChI is InChI=1S/C17H16N2OS.C6H13N3/c20-17-15-13-8-4-5-9-14(13)21-16(15)18-11-19(17)10-12-6-2-1-3-7-12;1-9-5-6(4-8)2-3-7/h1-3,6-7,11H,4-5,8-10H2;2-4,9H,5,7-8H2,1H3/b;3-2-,6-4+. The fourth-order valence-electron chi connectivity index (χ4n) is 3.58. The second-order valence-electron chi connectivity index (χ2n) is 7.19. The van der Waals surface area contributed by atoms with Gasteiger partial charge in [-0.2, -0.15) is 0 Å². The van der Waals surface area contributed by atoms with Crippen LogP contribution in [0.15, 0.2) is 65.5 Å². The van der Waals surface area contributed by atoms with Crippen LogP contribution in [0.3, 0.4) is 0 Å². The number of hydrogen-bond donors (Lipinski definition) is 3. The van der Waals surface area contributed by atoms with E-state index in [-0.39, 0.29) is 5.56 Å². The maximum atomic E-state index is 12.8. The molecule has 1 aliphatic carbocycles. The highest BCUT2D eigenvalue weighted by Gasteiger charge is 2.19. The van der Waals surface area contributed by atoms with Crippen molar-refractivity contribution < 1.29 is 0 Å². The largest absolute Gasteiger partial charge is 0.405 e. The molecule has 0 amide bonds. The van der Waals surface area contributed by atoms with Crippen LogP contribution in [0, 0.1) is 0 Å². The summed E-state index contributed by atoms with van der Waals surface area (Å²) in [6.45, 7) is 1.34. The summed E-state index contributed by atoms with van der Waals surface area (Å²) < 4.78 is 1.74. The van der Waals surface area contributed by atoms with Crippen molar-refractivity contribution in [2.75, 3.05) is 13.6 Å². The van der Waals surface area contributed by atoms with Crippen molar-refractivity contribution in [3.05, 3.63) is 87.1 Å². The molecule has 6 nitrogen and oxygen atoms in total. The van der Waals surface area contributed by atoms with E-state index < -0.39 is 0 Å². The summed E-state index contributed by atoms with van der Waals surface area (Å²) in [5.41, 5.74) is 13.9. The lowest BCUT2D eigenvalue weighted by Gasteiger charge is -2.10. The SMILES string of the molecule is CNCC(/C=C\N)=C/N.O=c1c2c3c(sc2ncn1Cc1ccccc1)CCCC3. The number of nitrogens with two attached hydrogens (primary N) is 2. The van der Waals surface area contributed by atoms with Gasteiger partial charge in [0.25, 0.3) is 5.56 Å². The topological polar surface area (TPSA) is 99.0 Å². The van der Waals surface area contributed by atoms with E-state index in [2.05, 4.69) is 10.3 Å². The molecule has 0 saturated heterocycles. The van der Waals surface area contributed by atoms with E-state index in [1.165, 1.54) is 35.7 Å². The predicted octanol–water partition coefficient (Wildman–Crippen LogP) is 2.91. The first kappa shape index (κ1) is 21.8. The van der Waals surface area contributed by atoms with Gasteiger partial charge < -0.3 is 16.8 Å². The second-order valence-corrected chi connectivity index (χ2v) is 8.27. The summed E-state index contributed by atoms with van der Waals surface area (Å²) in [5, 5.41) is 3.82. The fraction of sp³-hybridized carbons (Fsp3) is 0.304. The Kier molecular flexibility index (Phi) is 7.82. The van der Waals surface area contributed by atoms with Gasteiger partial charge in [-0.1, -0.05) is 30.3 Å². The minimum absolute atomic E-state index is 0.114. The van der Waals surface area contributed by atoms with E-state index in [9.17, 15) is 4.79 Å². The molecule has 1 aliphatic rings. The minimum Gasteiger partial charge on any atom is -0.405 e. The predicted molar refractivity (Wildman–Crippen MR) is 126 cm³/mol. The Balaban J connectivity index is 0.000000244. The van der Waals surface area contributed by atoms with Crippen LogP contribution >= 0.6 is 11.3 Å². The fourth-order valence-corrected chi connectivity index (χ4v) is 4.79. The summed E-state index contributed by atoms with van der Waals surface area (Å²) in [7, 11) is 1.86. The van der Waals surface area contributed by atoms with Crippen molar-refractivity contribution in [1.29, 1.82) is 0 Å². The van der Waals surface area contributed by atoms with Crippen molar-refractivity contribution in [1.82, 2.24) is 14.9 Å². The molecule has 1 aromatic carbocycles. The van der Waals surface area contributed by atoms with E-state index in [0.29, 0.717) is 6.54 Å². The average Bonchev–Trinajstić information content (AvgIpc) is 3.16. The van der Waals surface area contributed by atoms with Crippen LogP contribution in [0.1, 0.15) is 28.8 Å². The van der Waals surface area contributed by atoms with Crippen LogP contribution in [0.4, 0.5) is 0 Å². The first-order valence-corrected chi connectivity index (χ1v) is 11.0. The van der Waals surface area contributed by atoms with E-state index in [1.807, 2.05) is 37.4 Å². The van der Waals surface area contributed by atoms with Crippen LogP contribution in [0.25, 0.3) is 10.2 Å². The smallest absolute Gasteiger partial charge is 0.262 e. The van der Waals surface area contributed by atoms with Crippen molar-refractivity contribution >= 4 is 21.6 Å². The minimum atomic E-state index is 0.114. The maximum absolute atomic E-state index is 12.8. The van der Waals surface area contributed by atoms with E-state index in [4.69, 9.17) is 11.5 Å². The van der Waals surface area contributed by atoms with Crippen LogP contribution in [-0.2, 0) is 19.4 Å². The van der Waals surface area contributed by atoms with Crippen molar-refractivity contribution in [2.45, 2.75) is 32.2 Å². The van der Waals surface area contributed by atoms with E-state index in [1.54, 1.807) is 28.3 Å². The third kappa shape index (κ3) is 5.17. The van der Waals surface area contributed by atoms with E-state index >= 15 is 0 Å². The summed E-state index contributed by atoms with van der Waals surface area (Å²) in [4.78, 5) is 19.6. The quantitative estimate of drug-likeness (QED) is 0.548. The zero-order valence-electron chi connectivity index (χ0n) is 17.3. The van der Waals surface area contributed by atoms with Gasteiger partial charge in [0.2, 0.25) is 0 Å². The lowest BCUT2D eigenvalue weighted by molar-refractivity contribution is 0.697. The number of hydrogen-bond acceptors (Lipinski definition) is 6. The molecular weight excluding hydrogens is 394 g/mol. The average molecular weight is 424 g/mol. The number of thiophene rings is 1. The zero-order chi connectivity index (χ0) is 21.3. The molecule has 158 valence electrons. The molecule has 0 bridgehead atoms. The van der Waals surface area contributed by atoms with Gasteiger partial charge in [-0.15, -0.1) is 11.3 Å². The van der Waals surface area contributed by atoms with Crippen LogP contribution in [0.5, 0.6) is 0 Å². The zero-order valence-corrected chi connectivity index (χ0v) is 18.1. The molecule has 2 aromatic heterocycles. The van der Waals surface area contributed by atoms with Crippen LogP contribution in [0.2, 0.25) is 0 Å². The highest BCUT2D eigenvalue weighted by atomic mass is 32.1. The first-order chi connectivity index (χ1) is 14.7. The van der Waals surface area contributed by atoms with Gasteiger partial charge in [0.15, 0.2) is 0 Å². The van der Waals surface area contributed by atoms with Crippen LogP contribution < -0.4 is 22.3 Å². The number of aryl methyl sites for hydroxylation is 2. The molecule has 2 heterocycles. The monoisotopic (exact) mass is 423 g/mol. The Hall–Kier alpha value is -2.90.